The van der Waals surface area contributed by atoms with Gasteiger partial charge in [-0.15, -0.1) is 0 Å². The number of piperidine rings is 1. The van der Waals surface area contributed by atoms with E-state index in [1.54, 1.807) is 0 Å². The molecule has 1 aliphatic rings. The minimum atomic E-state index is -0.379. The van der Waals surface area contributed by atoms with Crippen LogP contribution in [0.4, 0.5) is 0 Å². The Labute approximate surface area is 125 Å². The molecule has 3 nitrogen and oxygen atoms in total. The smallest absolute Gasteiger partial charge is 0.105 e. The number of hydrogen-bond donors (Lipinski definition) is 1. The molecule has 0 amide bonds. The van der Waals surface area contributed by atoms with Crippen molar-refractivity contribution in [3.05, 3.63) is 0 Å². The molecule has 20 heavy (non-hydrogen) atoms. The van der Waals surface area contributed by atoms with Gasteiger partial charge < -0.3 is 4.90 Å². The molecule has 0 aromatic rings. The fourth-order valence-corrected chi connectivity index (χ4v) is 3.37. The molecule has 2 unspecified atom stereocenters. The number of hydrogen-bond acceptors (Lipinski definition) is 3. The highest BCUT2D eigenvalue weighted by Gasteiger charge is 2.30. The lowest BCUT2D eigenvalue weighted by molar-refractivity contribution is 0.119. The zero-order valence-electron chi connectivity index (χ0n) is 13.9. The molecular weight excluding hydrogens is 246 g/mol. The second-order valence-electron chi connectivity index (χ2n) is 6.69. The van der Waals surface area contributed by atoms with Crippen molar-refractivity contribution in [3.63, 3.8) is 0 Å². The number of nitriles is 1. The van der Waals surface area contributed by atoms with Crippen LogP contribution in [0.15, 0.2) is 0 Å². The molecule has 1 N–H and O–H groups in total. The van der Waals surface area contributed by atoms with E-state index in [9.17, 15) is 5.26 Å². The zero-order chi connectivity index (χ0) is 15.0. The van der Waals surface area contributed by atoms with E-state index in [0.717, 1.165) is 25.3 Å². The fourth-order valence-electron chi connectivity index (χ4n) is 3.37. The molecule has 1 fully saturated rings. The van der Waals surface area contributed by atoms with E-state index in [0.29, 0.717) is 6.04 Å². The minimum absolute atomic E-state index is 0.379. The van der Waals surface area contributed by atoms with E-state index < -0.39 is 0 Å². The highest BCUT2D eigenvalue weighted by molar-refractivity contribution is 5.05. The zero-order valence-corrected chi connectivity index (χ0v) is 13.9. The van der Waals surface area contributed by atoms with E-state index in [-0.39, 0.29) is 5.54 Å². The Morgan fingerprint density at radius 1 is 1.30 bits per heavy atom. The summed E-state index contributed by atoms with van der Waals surface area (Å²) in [6.07, 6.45) is 7.37. The molecule has 0 aliphatic carbocycles. The Kier molecular flexibility index (Phi) is 7.55. The summed E-state index contributed by atoms with van der Waals surface area (Å²) in [5.74, 6) is 0.934. The van der Waals surface area contributed by atoms with Crippen LogP contribution in [0.25, 0.3) is 0 Å². The molecule has 0 saturated carbocycles. The van der Waals surface area contributed by atoms with Gasteiger partial charge in [0.1, 0.15) is 5.54 Å². The van der Waals surface area contributed by atoms with Gasteiger partial charge in [0.15, 0.2) is 0 Å². The molecule has 0 aromatic heterocycles. The van der Waals surface area contributed by atoms with Crippen LogP contribution >= 0.6 is 0 Å². The Hall–Kier alpha value is -0.590. The summed E-state index contributed by atoms with van der Waals surface area (Å²) < 4.78 is 0. The second kappa shape index (κ2) is 8.64. The molecule has 1 rings (SSSR count). The first kappa shape index (κ1) is 17.5. The van der Waals surface area contributed by atoms with Gasteiger partial charge in [-0.2, -0.15) is 5.26 Å². The largest absolute Gasteiger partial charge is 0.301 e. The Morgan fingerprint density at radius 3 is 2.45 bits per heavy atom. The first-order chi connectivity index (χ1) is 9.54. The summed E-state index contributed by atoms with van der Waals surface area (Å²) in [5.41, 5.74) is -0.379. The van der Waals surface area contributed by atoms with E-state index in [4.69, 9.17) is 0 Å². The fraction of sp³-hybridized carbons (Fsp3) is 0.941. The molecule has 0 spiro atoms. The third kappa shape index (κ3) is 5.42. The third-order valence-corrected chi connectivity index (χ3v) is 4.68. The van der Waals surface area contributed by atoms with Crippen molar-refractivity contribution in [2.45, 2.75) is 77.8 Å². The third-order valence-electron chi connectivity index (χ3n) is 4.68. The number of nitrogens with zero attached hydrogens (tertiary/aromatic N) is 2. The van der Waals surface area contributed by atoms with E-state index >= 15 is 0 Å². The summed E-state index contributed by atoms with van der Waals surface area (Å²) >= 11 is 0. The summed E-state index contributed by atoms with van der Waals surface area (Å²) in [6, 6.07) is 2.97. The summed E-state index contributed by atoms with van der Waals surface area (Å²) in [4.78, 5) is 2.58. The normalized spacial score (nSPS) is 22.1. The summed E-state index contributed by atoms with van der Waals surface area (Å²) in [5, 5.41) is 12.8. The average Bonchev–Trinajstić information content (AvgIpc) is 2.46. The van der Waals surface area contributed by atoms with Crippen LogP contribution in [0.5, 0.6) is 0 Å². The Bertz CT molecular complexity index is 302. The lowest BCUT2D eigenvalue weighted by Crippen LogP contribution is -2.49. The maximum Gasteiger partial charge on any atom is 0.105 e. The maximum absolute atomic E-state index is 9.44. The van der Waals surface area contributed by atoms with Crippen LogP contribution in [0.2, 0.25) is 0 Å². The van der Waals surface area contributed by atoms with Gasteiger partial charge >= 0.3 is 0 Å². The predicted octanol–water partition coefficient (Wildman–Crippen LogP) is 3.56. The van der Waals surface area contributed by atoms with Gasteiger partial charge in [0.25, 0.3) is 0 Å². The van der Waals surface area contributed by atoms with E-state index in [1.165, 1.54) is 38.8 Å². The second-order valence-corrected chi connectivity index (χ2v) is 6.69. The Morgan fingerprint density at radius 2 is 1.95 bits per heavy atom. The topological polar surface area (TPSA) is 39.1 Å². The van der Waals surface area contributed by atoms with Crippen LogP contribution in [0.1, 0.15) is 66.2 Å². The molecule has 1 heterocycles. The summed E-state index contributed by atoms with van der Waals surface area (Å²) in [6.45, 7) is 12.1. The molecule has 0 radical (unpaired) electrons. The van der Waals surface area contributed by atoms with Gasteiger partial charge in [-0.05, 0) is 65.1 Å². The van der Waals surface area contributed by atoms with Gasteiger partial charge in [-0.25, -0.2) is 0 Å². The monoisotopic (exact) mass is 279 g/mol. The van der Waals surface area contributed by atoms with Crippen LogP contribution in [0.3, 0.4) is 0 Å². The van der Waals surface area contributed by atoms with Crippen LogP contribution in [-0.2, 0) is 0 Å². The first-order valence-electron chi connectivity index (χ1n) is 8.45. The maximum atomic E-state index is 9.44. The first-order valence-corrected chi connectivity index (χ1v) is 8.45. The van der Waals surface area contributed by atoms with Crippen LogP contribution in [-0.4, -0.2) is 36.1 Å². The number of rotatable bonds is 8. The summed E-state index contributed by atoms with van der Waals surface area (Å²) in [7, 11) is 0. The quantitative estimate of drug-likeness (QED) is 0.738. The van der Waals surface area contributed by atoms with Crippen molar-refractivity contribution in [2.75, 3.05) is 19.6 Å². The molecule has 3 heteroatoms. The van der Waals surface area contributed by atoms with Crippen molar-refractivity contribution in [1.29, 1.82) is 5.26 Å². The lowest BCUT2D eigenvalue weighted by atomic mass is 9.89. The van der Waals surface area contributed by atoms with E-state index in [1.807, 2.05) is 6.92 Å². The van der Waals surface area contributed by atoms with Gasteiger partial charge in [0.05, 0.1) is 6.07 Å². The van der Waals surface area contributed by atoms with Gasteiger partial charge in [0, 0.05) is 6.04 Å². The van der Waals surface area contributed by atoms with Crippen LogP contribution < -0.4 is 5.32 Å². The molecule has 116 valence electrons. The highest BCUT2D eigenvalue weighted by Crippen LogP contribution is 2.25. The molecule has 0 bridgehead atoms. The van der Waals surface area contributed by atoms with Crippen molar-refractivity contribution in [2.24, 2.45) is 5.92 Å². The van der Waals surface area contributed by atoms with Crippen molar-refractivity contribution < 1.29 is 0 Å². The Balaban J connectivity index is 2.42. The lowest BCUT2D eigenvalue weighted by Gasteiger charge is -2.38. The van der Waals surface area contributed by atoms with Crippen LogP contribution in [0, 0.1) is 17.2 Å². The van der Waals surface area contributed by atoms with Gasteiger partial charge in [0.2, 0.25) is 0 Å². The molecule has 0 aromatic carbocycles. The van der Waals surface area contributed by atoms with E-state index in [2.05, 4.69) is 37.1 Å². The van der Waals surface area contributed by atoms with Crippen molar-refractivity contribution in [1.82, 2.24) is 10.2 Å². The predicted molar refractivity (Wildman–Crippen MR) is 85.6 cm³/mol. The molecular formula is C17H33N3. The molecule has 1 aliphatic heterocycles. The highest BCUT2D eigenvalue weighted by atomic mass is 15.2. The van der Waals surface area contributed by atoms with Crippen molar-refractivity contribution in [3.8, 4) is 6.07 Å². The minimum Gasteiger partial charge on any atom is -0.301 e. The van der Waals surface area contributed by atoms with Gasteiger partial charge in [-0.1, -0.05) is 26.7 Å². The number of nitrogens with one attached hydrogen (secondary N) is 1. The SMILES string of the molecule is CCCNC(C)(C#N)CC(C)N1CCC(CCC)CC1. The standard InChI is InChI=1S/C17H33N3/c1-5-7-16-8-11-20(12-9-16)15(3)13-17(4,14-18)19-10-6-2/h15-16,19H,5-13H2,1-4H3. The molecule has 1 saturated heterocycles. The number of likely N-dealkylation sites (tertiary alicyclic amines) is 1. The van der Waals surface area contributed by atoms with Gasteiger partial charge in [-0.3, -0.25) is 5.32 Å². The molecule has 2 atom stereocenters. The van der Waals surface area contributed by atoms with Crippen molar-refractivity contribution >= 4 is 0 Å². The average molecular weight is 279 g/mol.